The molecule has 0 spiro atoms. The Morgan fingerprint density at radius 1 is 1.38 bits per heavy atom. The lowest BCUT2D eigenvalue weighted by Crippen LogP contribution is -2.42. The van der Waals surface area contributed by atoms with Crippen LogP contribution >= 0.6 is 15.9 Å². The molecule has 0 aromatic heterocycles. The number of amides is 1. The van der Waals surface area contributed by atoms with Gasteiger partial charge in [0.15, 0.2) is 0 Å². The molecule has 116 valence electrons. The van der Waals surface area contributed by atoms with Crippen LogP contribution < -0.4 is 4.74 Å². The van der Waals surface area contributed by atoms with Gasteiger partial charge >= 0.3 is 0 Å². The second kappa shape index (κ2) is 6.82. The summed E-state index contributed by atoms with van der Waals surface area (Å²) >= 11 is 3.54. The van der Waals surface area contributed by atoms with Gasteiger partial charge in [-0.3, -0.25) is 4.79 Å². The summed E-state index contributed by atoms with van der Waals surface area (Å²) in [6.07, 6.45) is 3.38. The predicted octanol–water partition coefficient (Wildman–Crippen LogP) is 4.60. The maximum atomic E-state index is 12.9. The van der Waals surface area contributed by atoms with Crippen molar-refractivity contribution < 1.29 is 9.53 Å². The molecule has 0 radical (unpaired) electrons. The minimum Gasteiger partial charge on any atom is -0.495 e. The zero-order chi connectivity index (χ0) is 15.6. The fourth-order valence-electron chi connectivity index (χ4n) is 2.87. The van der Waals surface area contributed by atoms with E-state index in [9.17, 15) is 4.79 Å². The lowest BCUT2D eigenvalue weighted by atomic mass is 9.98. The smallest absolute Gasteiger partial charge is 0.257 e. The highest BCUT2D eigenvalue weighted by atomic mass is 79.9. The molecule has 21 heavy (non-hydrogen) atoms. The van der Waals surface area contributed by atoms with Crippen LogP contribution in [0.25, 0.3) is 0 Å². The number of likely N-dealkylation sites (tertiary alicyclic amines) is 1. The van der Waals surface area contributed by atoms with Crippen molar-refractivity contribution >= 4 is 21.8 Å². The van der Waals surface area contributed by atoms with Crippen molar-refractivity contribution in [1.82, 2.24) is 4.90 Å². The molecule has 1 heterocycles. The Kier molecular flexibility index (Phi) is 5.31. The van der Waals surface area contributed by atoms with Gasteiger partial charge in [0.2, 0.25) is 0 Å². The van der Waals surface area contributed by atoms with Gasteiger partial charge in [-0.15, -0.1) is 0 Å². The topological polar surface area (TPSA) is 29.5 Å². The molecule has 4 heteroatoms. The van der Waals surface area contributed by atoms with Crippen molar-refractivity contribution in [3.8, 4) is 5.75 Å². The molecule has 0 aliphatic carbocycles. The highest BCUT2D eigenvalue weighted by molar-refractivity contribution is 9.10. The van der Waals surface area contributed by atoms with E-state index in [-0.39, 0.29) is 5.91 Å². The molecule has 0 saturated carbocycles. The van der Waals surface area contributed by atoms with Crippen LogP contribution in [0.5, 0.6) is 5.75 Å². The van der Waals surface area contributed by atoms with E-state index in [1.165, 1.54) is 6.42 Å². The number of nitrogens with zero attached hydrogens (tertiary/aromatic N) is 1. The second-order valence-corrected chi connectivity index (χ2v) is 6.94. The third kappa shape index (κ3) is 3.42. The van der Waals surface area contributed by atoms with Gasteiger partial charge in [-0.25, -0.2) is 0 Å². The van der Waals surface area contributed by atoms with E-state index in [4.69, 9.17) is 4.74 Å². The third-order valence-corrected chi connectivity index (χ3v) is 4.82. The summed E-state index contributed by atoms with van der Waals surface area (Å²) in [4.78, 5) is 14.9. The molecule has 1 aromatic rings. The third-order valence-electron chi connectivity index (χ3n) is 4.23. The zero-order valence-corrected chi connectivity index (χ0v) is 14.9. The van der Waals surface area contributed by atoms with Gasteiger partial charge in [-0.2, -0.15) is 0 Å². The highest BCUT2D eigenvalue weighted by Crippen LogP contribution is 2.34. The van der Waals surface area contributed by atoms with Gasteiger partial charge in [-0.1, -0.05) is 13.8 Å². The average Bonchev–Trinajstić information content (AvgIpc) is 2.46. The number of rotatable bonds is 3. The maximum absolute atomic E-state index is 12.9. The number of hydrogen-bond donors (Lipinski definition) is 0. The lowest BCUT2D eigenvalue weighted by molar-refractivity contribution is 0.0632. The van der Waals surface area contributed by atoms with Crippen molar-refractivity contribution in [2.45, 2.75) is 52.0 Å². The standard InChI is InChI=1S/C17H24BrNO2/c1-11(2)13-9-14(16(21-4)15(18)10-13)17(20)19-8-6-5-7-12(19)3/h9-12H,5-8H2,1-4H3/t12-/m0/s1. The van der Waals surface area contributed by atoms with Gasteiger partial charge in [-0.05, 0) is 65.7 Å². The van der Waals surface area contributed by atoms with E-state index < -0.39 is 0 Å². The first-order chi connectivity index (χ1) is 9.95. The number of benzene rings is 1. The molecule has 3 nitrogen and oxygen atoms in total. The van der Waals surface area contributed by atoms with Crippen LogP contribution in [0.1, 0.15) is 61.9 Å². The van der Waals surface area contributed by atoms with E-state index in [1.54, 1.807) is 7.11 Å². The van der Waals surface area contributed by atoms with E-state index in [2.05, 4.69) is 36.7 Å². The number of ether oxygens (including phenoxy) is 1. The van der Waals surface area contributed by atoms with Gasteiger partial charge in [0.25, 0.3) is 5.91 Å². The minimum atomic E-state index is 0.0854. The largest absolute Gasteiger partial charge is 0.495 e. The number of piperidine rings is 1. The lowest BCUT2D eigenvalue weighted by Gasteiger charge is -2.34. The molecular weight excluding hydrogens is 330 g/mol. The summed E-state index contributed by atoms with van der Waals surface area (Å²) in [7, 11) is 1.62. The van der Waals surface area contributed by atoms with E-state index in [0.29, 0.717) is 23.3 Å². The Morgan fingerprint density at radius 3 is 2.67 bits per heavy atom. The van der Waals surface area contributed by atoms with Crippen molar-refractivity contribution in [3.63, 3.8) is 0 Å². The Bertz CT molecular complexity index is 528. The van der Waals surface area contributed by atoms with Gasteiger partial charge < -0.3 is 9.64 Å². The molecule has 1 aromatic carbocycles. The molecular formula is C17H24BrNO2. The summed E-state index contributed by atoms with van der Waals surface area (Å²) in [5.74, 6) is 1.10. The fourth-order valence-corrected chi connectivity index (χ4v) is 3.51. The summed E-state index contributed by atoms with van der Waals surface area (Å²) < 4.78 is 6.31. The number of hydrogen-bond acceptors (Lipinski definition) is 2. The average molecular weight is 354 g/mol. The van der Waals surface area contributed by atoms with Gasteiger partial charge in [0.05, 0.1) is 17.1 Å². The van der Waals surface area contributed by atoms with Crippen LogP contribution in [0, 0.1) is 0 Å². The minimum absolute atomic E-state index is 0.0854. The number of halogens is 1. The normalized spacial score (nSPS) is 19.0. The Morgan fingerprint density at radius 2 is 2.10 bits per heavy atom. The predicted molar refractivity (Wildman–Crippen MR) is 89.1 cm³/mol. The molecule has 1 amide bonds. The molecule has 1 fully saturated rings. The Balaban J connectivity index is 2.43. The molecule has 2 rings (SSSR count). The van der Waals surface area contributed by atoms with Gasteiger partial charge in [0, 0.05) is 12.6 Å². The van der Waals surface area contributed by atoms with Crippen LogP contribution in [-0.4, -0.2) is 30.5 Å². The van der Waals surface area contributed by atoms with Crippen molar-refractivity contribution in [2.24, 2.45) is 0 Å². The Labute approximate surface area is 135 Å². The molecule has 1 atom stereocenters. The molecule has 0 bridgehead atoms. The maximum Gasteiger partial charge on any atom is 0.257 e. The number of carbonyl (C=O) groups is 1. The SMILES string of the molecule is COc1c(Br)cc(C(C)C)cc1C(=O)N1CCCC[C@@H]1C. The summed E-state index contributed by atoms with van der Waals surface area (Å²) in [6.45, 7) is 7.23. The van der Waals surface area contributed by atoms with Crippen LogP contribution in [-0.2, 0) is 0 Å². The first-order valence-corrected chi connectivity index (χ1v) is 8.43. The first kappa shape index (κ1) is 16.3. The summed E-state index contributed by atoms with van der Waals surface area (Å²) in [5.41, 5.74) is 1.82. The van der Waals surface area contributed by atoms with E-state index in [0.717, 1.165) is 29.4 Å². The molecule has 0 N–H and O–H groups in total. The first-order valence-electron chi connectivity index (χ1n) is 7.64. The van der Waals surface area contributed by atoms with Gasteiger partial charge in [0.1, 0.15) is 5.75 Å². The van der Waals surface area contributed by atoms with E-state index >= 15 is 0 Å². The summed E-state index contributed by atoms with van der Waals surface area (Å²) in [6, 6.07) is 4.33. The monoisotopic (exact) mass is 353 g/mol. The van der Waals surface area contributed by atoms with Crippen LogP contribution in [0.4, 0.5) is 0 Å². The fraction of sp³-hybridized carbons (Fsp3) is 0.588. The van der Waals surface area contributed by atoms with E-state index in [1.807, 2.05) is 17.0 Å². The number of methoxy groups -OCH3 is 1. The molecule has 1 aliphatic heterocycles. The molecule has 1 saturated heterocycles. The van der Waals surface area contributed by atoms with Crippen molar-refractivity contribution in [1.29, 1.82) is 0 Å². The number of carbonyl (C=O) groups excluding carboxylic acids is 1. The van der Waals surface area contributed by atoms with Crippen LogP contribution in [0.15, 0.2) is 16.6 Å². The molecule has 0 unspecified atom stereocenters. The van der Waals surface area contributed by atoms with Crippen molar-refractivity contribution in [2.75, 3.05) is 13.7 Å². The second-order valence-electron chi connectivity index (χ2n) is 6.08. The summed E-state index contributed by atoms with van der Waals surface area (Å²) in [5, 5.41) is 0. The van der Waals surface area contributed by atoms with Crippen LogP contribution in [0.2, 0.25) is 0 Å². The quantitative estimate of drug-likeness (QED) is 0.794. The van der Waals surface area contributed by atoms with Crippen LogP contribution in [0.3, 0.4) is 0 Å². The molecule has 1 aliphatic rings. The zero-order valence-electron chi connectivity index (χ0n) is 13.3. The highest BCUT2D eigenvalue weighted by Gasteiger charge is 2.27. The van der Waals surface area contributed by atoms with Crippen molar-refractivity contribution in [3.05, 3.63) is 27.7 Å². The Hall–Kier alpha value is -1.03.